The van der Waals surface area contributed by atoms with Gasteiger partial charge in [0.1, 0.15) is 42.3 Å². The number of imide groups is 1. The highest BCUT2D eigenvalue weighted by molar-refractivity contribution is 6.23. The lowest BCUT2D eigenvalue weighted by atomic mass is 9.65. The van der Waals surface area contributed by atoms with Crippen LogP contribution in [0.3, 0.4) is 0 Å². The van der Waals surface area contributed by atoms with E-state index in [1.807, 2.05) is 89.8 Å². The minimum Gasteiger partial charge on any atom is -0.491 e. The van der Waals surface area contributed by atoms with Gasteiger partial charge in [-0.15, -0.1) is 0 Å². The van der Waals surface area contributed by atoms with Crippen molar-refractivity contribution < 1.29 is 43.2 Å². The number of carbonyl (C=O) groups excluding carboxylic acids is 4. The van der Waals surface area contributed by atoms with Gasteiger partial charge in [-0.1, -0.05) is 109 Å². The molecule has 61 heavy (non-hydrogen) atoms. The molecule has 4 heterocycles. The number of aliphatic hydroxyl groups is 1. The number of carbonyl (C=O) groups is 4. The molecule has 0 aliphatic carbocycles. The van der Waals surface area contributed by atoms with Gasteiger partial charge in [-0.2, -0.15) is 0 Å². The normalized spacial score (nSPS) is 23.1. The maximum atomic E-state index is 16.1. The predicted molar refractivity (Wildman–Crippen MR) is 222 cm³/mol. The number of hydrogen-bond acceptors (Lipinski definition) is 11. The lowest BCUT2D eigenvalue weighted by Gasteiger charge is -2.46. The van der Waals surface area contributed by atoms with Crippen molar-refractivity contribution in [3.8, 4) is 5.75 Å². The number of aromatic amines is 1. The third kappa shape index (κ3) is 6.69. The van der Waals surface area contributed by atoms with Crippen LogP contribution < -0.4 is 15.0 Å². The van der Waals surface area contributed by atoms with Crippen LogP contribution in [0.2, 0.25) is 0 Å². The maximum absolute atomic E-state index is 16.1. The number of para-hydroxylation sites is 4. The van der Waals surface area contributed by atoms with Crippen LogP contribution in [0.5, 0.6) is 5.75 Å². The fourth-order valence-electron chi connectivity index (χ4n) is 9.45. The molecule has 6 unspecified atom stereocenters. The smallest absolute Gasteiger partial charge is 0.421 e. The minimum absolute atomic E-state index is 0.0733. The summed E-state index contributed by atoms with van der Waals surface area (Å²) < 4.78 is 23.5. The number of aromatic nitrogens is 2. The molecule has 6 atom stereocenters. The molecule has 310 valence electrons. The lowest BCUT2D eigenvalue weighted by Crippen LogP contribution is -2.55. The van der Waals surface area contributed by atoms with Crippen LogP contribution in [0, 0.1) is 5.92 Å². The Balaban J connectivity index is 1.31. The molecule has 5 aromatic carbocycles. The van der Waals surface area contributed by atoms with Crippen LogP contribution in [0.1, 0.15) is 46.3 Å². The van der Waals surface area contributed by atoms with Crippen molar-refractivity contribution in [2.75, 3.05) is 38.4 Å². The van der Waals surface area contributed by atoms with Crippen molar-refractivity contribution in [3.63, 3.8) is 0 Å². The largest absolute Gasteiger partial charge is 0.491 e. The molecular formula is C47H43N5O9. The number of methoxy groups -OCH3 is 1. The summed E-state index contributed by atoms with van der Waals surface area (Å²) in [5.41, 5.74) is 1.91. The highest BCUT2D eigenvalue weighted by Crippen LogP contribution is 2.66. The number of morpholine rings is 1. The molecule has 3 aliphatic rings. The second-order valence-electron chi connectivity index (χ2n) is 15.1. The minimum atomic E-state index is -1.99. The van der Waals surface area contributed by atoms with E-state index in [4.69, 9.17) is 18.9 Å². The number of ether oxygens (including phenoxy) is 4. The number of nitrogens with one attached hydrogen (secondary N) is 2. The Morgan fingerprint density at radius 3 is 2.26 bits per heavy atom. The van der Waals surface area contributed by atoms with Crippen LogP contribution >= 0.6 is 0 Å². The van der Waals surface area contributed by atoms with E-state index in [-0.39, 0.29) is 38.7 Å². The Kier molecular flexibility index (Phi) is 10.8. The van der Waals surface area contributed by atoms with Gasteiger partial charge < -0.3 is 34.4 Å². The number of anilines is 1. The van der Waals surface area contributed by atoms with Crippen molar-refractivity contribution in [3.05, 3.63) is 162 Å². The Hall–Kier alpha value is -6.87. The van der Waals surface area contributed by atoms with Gasteiger partial charge in [-0.05, 0) is 41.0 Å². The number of H-pyrrole nitrogens is 1. The second-order valence-corrected chi connectivity index (χ2v) is 15.1. The molecule has 2 saturated heterocycles. The molecule has 1 spiro atoms. The zero-order valence-corrected chi connectivity index (χ0v) is 33.2. The number of nitrogens with zero attached hydrogens (tertiary/aromatic N) is 3. The third-order valence-electron chi connectivity index (χ3n) is 11.8. The van der Waals surface area contributed by atoms with Gasteiger partial charge >= 0.3 is 12.1 Å². The molecular weight excluding hydrogens is 779 g/mol. The number of hydrogen-bond donors (Lipinski definition) is 3. The summed E-state index contributed by atoms with van der Waals surface area (Å²) >= 11 is 0. The van der Waals surface area contributed by atoms with Crippen LogP contribution in [0.25, 0.3) is 11.0 Å². The topological polar surface area (TPSA) is 173 Å². The van der Waals surface area contributed by atoms with Crippen molar-refractivity contribution in [2.24, 2.45) is 5.92 Å². The lowest BCUT2D eigenvalue weighted by molar-refractivity contribution is -0.178. The average molecular weight is 822 g/mol. The number of fused-ring (bicyclic) bond motifs is 4. The van der Waals surface area contributed by atoms with Gasteiger partial charge in [0.05, 0.1) is 54.5 Å². The van der Waals surface area contributed by atoms with E-state index >= 15 is 14.4 Å². The Labute approximate surface area is 351 Å². The zero-order chi connectivity index (χ0) is 42.1. The zero-order valence-electron chi connectivity index (χ0n) is 33.2. The predicted octanol–water partition coefficient (Wildman–Crippen LogP) is 5.70. The molecule has 0 saturated carbocycles. The number of aliphatic hydroxyl groups excluding tert-OH is 1. The van der Waals surface area contributed by atoms with E-state index in [1.54, 1.807) is 48.5 Å². The molecule has 3 amide bonds. The average Bonchev–Trinajstić information content (AvgIpc) is 3.94. The van der Waals surface area contributed by atoms with E-state index in [2.05, 4.69) is 15.3 Å². The number of amides is 3. The molecule has 14 heteroatoms. The monoisotopic (exact) mass is 821 g/mol. The summed E-state index contributed by atoms with van der Waals surface area (Å²) in [6.45, 7) is -0.530. The summed E-state index contributed by atoms with van der Waals surface area (Å²) in [6.07, 6.45) is -1.87. The van der Waals surface area contributed by atoms with Crippen LogP contribution in [0.4, 0.5) is 10.5 Å². The summed E-state index contributed by atoms with van der Waals surface area (Å²) in [6, 6.07) is 36.8. The van der Waals surface area contributed by atoms with E-state index in [9.17, 15) is 9.90 Å². The van der Waals surface area contributed by atoms with Crippen LogP contribution in [0.15, 0.2) is 133 Å². The van der Waals surface area contributed by atoms with Gasteiger partial charge in [-0.25, -0.2) is 14.7 Å². The summed E-state index contributed by atoms with van der Waals surface area (Å²) in [4.78, 5) is 71.7. The molecule has 0 bridgehead atoms. The van der Waals surface area contributed by atoms with Crippen molar-refractivity contribution in [1.29, 1.82) is 0 Å². The van der Waals surface area contributed by atoms with Crippen molar-refractivity contribution in [1.82, 2.24) is 20.2 Å². The molecule has 2 fully saturated rings. The maximum Gasteiger partial charge on any atom is 0.421 e. The Morgan fingerprint density at radius 2 is 1.51 bits per heavy atom. The van der Waals surface area contributed by atoms with Gasteiger partial charge in [0, 0.05) is 12.7 Å². The van der Waals surface area contributed by atoms with E-state index < -0.39 is 59.4 Å². The standard InChI is InChI=1S/C47H43N5O9/c1-58-26-27-60-46(57)51-35-22-12-9-19-32(35)47(45(51)56)38(43(54)48-28-37-49-33-20-10-11-21-34(33)50-37)40-44(55)61-41(30-16-6-3-7-17-30)39(29-14-4-2-5-15-29)52(40)42(47)31-18-8-13-23-36(31)59-25-24-53/h2-23,38-42,53H,24-28H2,1H3,(H,48,54)(H,49,50). The van der Waals surface area contributed by atoms with Crippen LogP contribution in [-0.4, -0.2) is 83.4 Å². The van der Waals surface area contributed by atoms with E-state index in [1.165, 1.54) is 7.11 Å². The molecule has 1 aromatic heterocycles. The second kappa shape index (κ2) is 16.6. The summed E-state index contributed by atoms with van der Waals surface area (Å²) in [7, 11) is 1.47. The van der Waals surface area contributed by atoms with Gasteiger partial charge in [0.15, 0.2) is 0 Å². The number of cyclic esters (lactones) is 1. The molecule has 3 aliphatic heterocycles. The first-order valence-electron chi connectivity index (χ1n) is 20.1. The Morgan fingerprint density at radius 1 is 0.820 bits per heavy atom. The Bertz CT molecular complexity index is 2550. The number of esters is 1. The van der Waals surface area contributed by atoms with Gasteiger partial charge in [0.2, 0.25) is 11.8 Å². The molecule has 3 N–H and O–H groups in total. The fraction of sp³-hybridized carbons (Fsp3) is 0.255. The summed E-state index contributed by atoms with van der Waals surface area (Å²) in [5.74, 6) is -2.88. The number of imidazole rings is 1. The molecule has 9 rings (SSSR count). The number of benzene rings is 5. The van der Waals surface area contributed by atoms with Gasteiger partial charge in [0.25, 0.3) is 0 Å². The first kappa shape index (κ1) is 39.6. The SMILES string of the molecule is COCCOC(=O)N1C(=O)C2(c3ccccc31)C(C(=O)NCc1nc3ccccc3[nH]1)C1C(=O)OC(c3ccccc3)C(c3ccccc3)N1C2c1ccccc1OCCO. The van der Waals surface area contributed by atoms with E-state index in [0.29, 0.717) is 33.8 Å². The molecule has 14 nitrogen and oxygen atoms in total. The van der Waals surface area contributed by atoms with Gasteiger partial charge in [-0.3, -0.25) is 19.3 Å². The van der Waals surface area contributed by atoms with Crippen molar-refractivity contribution >= 4 is 40.6 Å². The highest BCUT2D eigenvalue weighted by Gasteiger charge is 2.76. The quantitative estimate of drug-likeness (QED) is 0.102. The number of rotatable bonds is 12. The van der Waals surface area contributed by atoms with Crippen LogP contribution in [-0.2, 0) is 40.6 Å². The highest BCUT2D eigenvalue weighted by atomic mass is 16.6. The first-order chi connectivity index (χ1) is 29.9. The third-order valence-corrected chi connectivity index (χ3v) is 11.8. The molecule has 0 radical (unpaired) electrons. The fourth-order valence-corrected chi connectivity index (χ4v) is 9.45. The van der Waals surface area contributed by atoms with Crippen molar-refractivity contribution in [2.45, 2.75) is 36.2 Å². The molecule has 6 aromatic rings. The first-order valence-corrected chi connectivity index (χ1v) is 20.1. The van der Waals surface area contributed by atoms with E-state index in [0.717, 1.165) is 16.0 Å². The summed E-state index contributed by atoms with van der Waals surface area (Å²) in [5, 5.41) is 13.0.